The van der Waals surface area contributed by atoms with E-state index in [-0.39, 0.29) is 0 Å². The van der Waals surface area contributed by atoms with E-state index < -0.39 is 0 Å². The molecule has 0 spiro atoms. The average molecular weight is 255 g/mol. The van der Waals surface area contributed by atoms with Crippen molar-refractivity contribution in [2.45, 2.75) is 5.16 Å². The Morgan fingerprint density at radius 1 is 1.69 bits per heavy atom. The fraction of sp³-hybridized carbons (Fsp3) is 0.222. The molecule has 0 saturated carbocycles. The van der Waals surface area contributed by atoms with Gasteiger partial charge in [-0.2, -0.15) is 0 Å². The zero-order chi connectivity index (χ0) is 11.8. The number of thioether (sulfide) groups is 1. The van der Waals surface area contributed by atoms with Crippen LogP contribution in [0, 0.1) is 0 Å². The van der Waals surface area contributed by atoms with E-state index in [4.69, 9.17) is 12.2 Å². The smallest absolute Gasteiger partial charge is 0.189 e. The summed E-state index contributed by atoms with van der Waals surface area (Å²) in [6.45, 7) is 4.20. The number of anilines is 1. The summed E-state index contributed by atoms with van der Waals surface area (Å²) in [5, 5.41) is 4.12. The zero-order valence-electron chi connectivity index (χ0n) is 8.86. The van der Waals surface area contributed by atoms with Gasteiger partial charge in [-0.25, -0.2) is 9.97 Å². The molecule has 0 aromatic carbocycles. The second-order valence-corrected chi connectivity index (χ2v) is 3.86. The second-order valence-electron chi connectivity index (χ2n) is 2.68. The maximum absolute atomic E-state index is 5.00. The third-order valence-corrected chi connectivity index (χ3v) is 2.34. The predicted octanol–water partition coefficient (Wildman–Crippen LogP) is 1.18. The summed E-state index contributed by atoms with van der Waals surface area (Å²) in [6, 6.07) is 1.75. The minimum absolute atomic E-state index is 0.490. The molecule has 0 radical (unpaired) electrons. The molecule has 0 aliphatic carbocycles. The van der Waals surface area contributed by atoms with Crippen LogP contribution < -0.4 is 16.2 Å². The Bertz CT molecular complexity index is 369. The van der Waals surface area contributed by atoms with E-state index in [1.807, 2.05) is 6.26 Å². The zero-order valence-corrected chi connectivity index (χ0v) is 10.5. The van der Waals surface area contributed by atoms with Crippen LogP contribution in [0.15, 0.2) is 30.1 Å². The van der Waals surface area contributed by atoms with Crippen LogP contribution >= 0.6 is 24.0 Å². The van der Waals surface area contributed by atoms with E-state index in [0.29, 0.717) is 22.6 Å². The Morgan fingerprint density at radius 2 is 2.50 bits per heavy atom. The molecule has 1 aromatic heterocycles. The van der Waals surface area contributed by atoms with Gasteiger partial charge in [0.2, 0.25) is 0 Å². The minimum atomic E-state index is 0.490. The summed E-state index contributed by atoms with van der Waals surface area (Å²) in [4.78, 5) is 8.27. The standard InChI is InChI=1S/C9H13N5S2/c1-3-5-10-8(15)14-13-7-4-6-11-9(12-7)16-2/h3-4,6H,1,5H2,2H3,(H2,10,14,15)(H,11,12,13). The molecule has 1 rings (SSSR count). The molecule has 0 aliphatic rings. The van der Waals surface area contributed by atoms with Gasteiger partial charge in [0, 0.05) is 18.8 Å². The molecule has 16 heavy (non-hydrogen) atoms. The average Bonchev–Trinajstić information content (AvgIpc) is 2.34. The normalized spacial score (nSPS) is 9.31. The molecule has 0 bridgehead atoms. The molecule has 3 N–H and O–H groups in total. The van der Waals surface area contributed by atoms with Crippen LogP contribution in [0.25, 0.3) is 0 Å². The molecule has 0 fully saturated rings. The number of nitrogens with zero attached hydrogens (tertiary/aromatic N) is 2. The summed E-state index contributed by atoms with van der Waals surface area (Å²) in [5.74, 6) is 0.669. The van der Waals surface area contributed by atoms with Gasteiger partial charge in [-0.1, -0.05) is 17.8 Å². The van der Waals surface area contributed by atoms with Crippen LogP contribution in [0.3, 0.4) is 0 Å². The maximum atomic E-state index is 5.00. The largest absolute Gasteiger partial charge is 0.358 e. The summed E-state index contributed by atoms with van der Waals surface area (Å²) < 4.78 is 0. The highest BCUT2D eigenvalue weighted by Crippen LogP contribution is 2.09. The SMILES string of the molecule is C=CCNC(=S)NNc1ccnc(SC)n1. The number of thiocarbonyl (C=S) groups is 1. The lowest BCUT2D eigenvalue weighted by Gasteiger charge is -2.10. The first kappa shape index (κ1) is 12.7. The summed E-state index contributed by atoms with van der Waals surface area (Å²) >= 11 is 6.48. The molecule has 5 nitrogen and oxygen atoms in total. The van der Waals surface area contributed by atoms with E-state index in [9.17, 15) is 0 Å². The maximum Gasteiger partial charge on any atom is 0.189 e. The van der Waals surface area contributed by atoms with Crippen molar-refractivity contribution in [3.8, 4) is 0 Å². The van der Waals surface area contributed by atoms with E-state index in [0.717, 1.165) is 0 Å². The van der Waals surface area contributed by atoms with E-state index in [1.165, 1.54) is 11.8 Å². The number of hydrogen-bond donors (Lipinski definition) is 3. The number of hydrazine groups is 1. The highest BCUT2D eigenvalue weighted by molar-refractivity contribution is 7.98. The summed E-state index contributed by atoms with van der Waals surface area (Å²) in [5.41, 5.74) is 5.68. The van der Waals surface area contributed by atoms with Crippen molar-refractivity contribution in [2.24, 2.45) is 0 Å². The van der Waals surface area contributed by atoms with Crippen LogP contribution in [-0.4, -0.2) is 27.9 Å². The van der Waals surface area contributed by atoms with Gasteiger partial charge in [0.25, 0.3) is 0 Å². The molecule has 0 atom stereocenters. The molecule has 1 heterocycles. The first-order valence-electron chi connectivity index (χ1n) is 4.54. The number of aromatic nitrogens is 2. The first-order chi connectivity index (χ1) is 7.76. The van der Waals surface area contributed by atoms with Gasteiger partial charge in [-0.3, -0.25) is 10.9 Å². The van der Waals surface area contributed by atoms with Crippen molar-refractivity contribution < 1.29 is 0 Å². The molecule has 7 heteroatoms. The Hall–Kier alpha value is -1.34. The van der Waals surface area contributed by atoms with Crippen molar-refractivity contribution >= 4 is 34.9 Å². The van der Waals surface area contributed by atoms with Crippen molar-refractivity contribution in [1.29, 1.82) is 0 Å². The van der Waals surface area contributed by atoms with Crippen LogP contribution in [-0.2, 0) is 0 Å². The number of rotatable bonds is 5. The first-order valence-corrected chi connectivity index (χ1v) is 6.17. The highest BCUT2D eigenvalue weighted by Gasteiger charge is 1.97. The van der Waals surface area contributed by atoms with E-state index in [2.05, 4.69) is 32.7 Å². The van der Waals surface area contributed by atoms with Gasteiger partial charge in [0.05, 0.1) is 0 Å². The van der Waals surface area contributed by atoms with Crippen molar-refractivity contribution in [3.63, 3.8) is 0 Å². The van der Waals surface area contributed by atoms with Crippen LogP contribution in [0.5, 0.6) is 0 Å². The number of hydrogen-bond acceptors (Lipinski definition) is 5. The van der Waals surface area contributed by atoms with Gasteiger partial charge in [-0.05, 0) is 18.5 Å². The van der Waals surface area contributed by atoms with Gasteiger partial charge in [0.15, 0.2) is 10.3 Å². The molecular formula is C9H13N5S2. The Kier molecular flexibility index (Phi) is 5.58. The number of nitrogens with one attached hydrogen (secondary N) is 3. The predicted molar refractivity (Wildman–Crippen MR) is 71.4 cm³/mol. The monoisotopic (exact) mass is 255 g/mol. The summed E-state index contributed by atoms with van der Waals surface area (Å²) in [6.07, 6.45) is 5.33. The molecule has 0 amide bonds. The molecule has 0 unspecified atom stereocenters. The van der Waals surface area contributed by atoms with Crippen molar-refractivity contribution in [3.05, 3.63) is 24.9 Å². The van der Waals surface area contributed by atoms with Gasteiger partial charge < -0.3 is 5.32 Å². The molecule has 86 valence electrons. The molecular weight excluding hydrogens is 242 g/mol. The molecule has 0 aliphatic heterocycles. The second kappa shape index (κ2) is 7.02. The fourth-order valence-corrected chi connectivity index (χ4v) is 1.33. The van der Waals surface area contributed by atoms with Gasteiger partial charge >= 0.3 is 0 Å². The Balaban J connectivity index is 2.41. The van der Waals surface area contributed by atoms with E-state index in [1.54, 1.807) is 18.3 Å². The molecule has 1 aromatic rings. The Morgan fingerprint density at radius 3 is 3.19 bits per heavy atom. The minimum Gasteiger partial charge on any atom is -0.358 e. The van der Waals surface area contributed by atoms with E-state index >= 15 is 0 Å². The Labute approximate surface area is 104 Å². The van der Waals surface area contributed by atoms with Crippen LogP contribution in [0.4, 0.5) is 5.82 Å². The third kappa shape index (κ3) is 4.45. The lowest BCUT2D eigenvalue weighted by molar-refractivity contribution is 0.929. The summed E-state index contributed by atoms with van der Waals surface area (Å²) in [7, 11) is 0. The molecule has 0 saturated heterocycles. The highest BCUT2D eigenvalue weighted by atomic mass is 32.2. The van der Waals surface area contributed by atoms with Gasteiger partial charge in [0.1, 0.15) is 5.82 Å². The topological polar surface area (TPSA) is 61.9 Å². The lowest BCUT2D eigenvalue weighted by atomic mass is 10.6. The third-order valence-electron chi connectivity index (χ3n) is 1.53. The van der Waals surface area contributed by atoms with Gasteiger partial charge in [-0.15, -0.1) is 6.58 Å². The fourth-order valence-electron chi connectivity index (χ4n) is 0.839. The van der Waals surface area contributed by atoms with Crippen molar-refractivity contribution in [1.82, 2.24) is 20.7 Å². The van der Waals surface area contributed by atoms with Crippen LogP contribution in [0.1, 0.15) is 0 Å². The van der Waals surface area contributed by atoms with Crippen molar-refractivity contribution in [2.75, 3.05) is 18.2 Å². The van der Waals surface area contributed by atoms with Crippen LogP contribution in [0.2, 0.25) is 0 Å². The lowest BCUT2D eigenvalue weighted by Crippen LogP contribution is -2.39. The quantitative estimate of drug-likeness (QED) is 0.240.